The summed E-state index contributed by atoms with van der Waals surface area (Å²) in [6.07, 6.45) is 1.03. The van der Waals surface area contributed by atoms with Crippen LogP contribution in [0.15, 0.2) is 24.3 Å². The maximum atomic E-state index is 5.86. The summed E-state index contributed by atoms with van der Waals surface area (Å²) in [6.45, 7) is 6.13. The van der Waals surface area contributed by atoms with Crippen LogP contribution in [0, 0.1) is 0 Å². The maximum Gasteiger partial charge on any atom is 0.0457 e. The smallest absolute Gasteiger partial charge is 0.0457 e. The number of H-pyrrole nitrogens is 1. The summed E-state index contributed by atoms with van der Waals surface area (Å²) in [6, 6.07) is 8.03. The first-order chi connectivity index (χ1) is 6.79. The second-order valence-electron chi connectivity index (χ2n) is 2.88. The highest BCUT2D eigenvalue weighted by Gasteiger charge is 1.98. The van der Waals surface area contributed by atoms with E-state index in [-0.39, 0.29) is 0 Å². The van der Waals surface area contributed by atoms with E-state index in [2.05, 4.69) is 18.0 Å². The van der Waals surface area contributed by atoms with Crippen LogP contribution in [0.1, 0.15) is 26.5 Å². The first-order valence-corrected chi connectivity index (χ1v) is 5.44. The van der Waals surface area contributed by atoms with E-state index >= 15 is 0 Å². The van der Waals surface area contributed by atoms with Crippen molar-refractivity contribution in [2.75, 3.05) is 0 Å². The van der Waals surface area contributed by atoms with Crippen molar-refractivity contribution < 1.29 is 0 Å². The standard InChI is InChI=1S/C10H10ClN.C2H6/c1-2-9-6-7-5-8(11)3-4-10(7)12-9;1-2/h3-6,12H,2H2,1H3;1-2H3. The molecule has 1 N–H and O–H groups in total. The third-order valence-electron chi connectivity index (χ3n) is 2.02. The average molecular weight is 210 g/mol. The molecule has 0 bridgehead atoms. The Hall–Kier alpha value is -0.950. The highest BCUT2D eigenvalue weighted by Crippen LogP contribution is 2.19. The highest BCUT2D eigenvalue weighted by molar-refractivity contribution is 6.31. The normalized spacial score (nSPS) is 9.71. The van der Waals surface area contributed by atoms with Gasteiger partial charge in [-0.15, -0.1) is 0 Å². The number of hydrogen-bond acceptors (Lipinski definition) is 0. The summed E-state index contributed by atoms with van der Waals surface area (Å²) in [5.74, 6) is 0. The van der Waals surface area contributed by atoms with Crippen molar-refractivity contribution >= 4 is 22.5 Å². The molecular formula is C12H16ClN. The Bertz CT molecular complexity index is 404. The van der Waals surface area contributed by atoms with Gasteiger partial charge in [-0.1, -0.05) is 32.4 Å². The Morgan fingerprint density at radius 3 is 2.57 bits per heavy atom. The van der Waals surface area contributed by atoms with Crippen molar-refractivity contribution in [2.45, 2.75) is 27.2 Å². The third kappa shape index (κ3) is 2.30. The van der Waals surface area contributed by atoms with Gasteiger partial charge in [-0.05, 0) is 30.7 Å². The molecule has 14 heavy (non-hydrogen) atoms. The molecule has 0 aliphatic rings. The van der Waals surface area contributed by atoms with E-state index in [0.717, 1.165) is 17.0 Å². The first-order valence-electron chi connectivity index (χ1n) is 5.07. The summed E-state index contributed by atoms with van der Waals surface area (Å²) in [5.41, 5.74) is 2.42. The van der Waals surface area contributed by atoms with Gasteiger partial charge in [0, 0.05) is 21.6 Å². The second kappa shape index (κ2) is 5.06. The predicted octanol–water partition coefficient (Wildman–Crippen LogP) is 4.41. The predicted molar refractivity (Wildman–Crippen MR) is 64.0 cm³/mol. The lowest BCUT2D eigenvalue weighted by atomic mass is 10.2. The number of aromatic nitrogens is 1. The van der Waals surface area contributed by atoms with Gasteiger partial charge in [0.2, 0.25) is 0 Å². The number of aromatic amines is 1. The molecule has 1 aromatic carbocycles. The minimum atomic E-state index is 0.796. The van der Waals surface area contributed by atoms with Crippen LogP contribution >= 0.6 is 11.6 Å². The van der Waals surface area contributed by atoms with E-state index in [1.54, 1.807) is 0 Å². The molecule has 76 valence electrons. The number of hydrogen-bond donors (Lipinski definition) is 1. The minimum absolute atomic E-state index is 0.796. The Balaban J connectivity index is 0.000000461. The second-order valence-corrected chi connectivity index (χ2v) is 3.32. The number of rotatable bonds is 1. The van der Waals surface area contributed by atoms with Gasteiger partial charge in [0.05, 0.1) is 0 Å². The van der Waals surface area contributed by atoms with Crippen LogP contribution in [0.5, 0.6) is 0 Å². The van der Waals surface area contributed by atoms with Crippen LogP contribution < -0.4 is 0 Å². The van der Waals surface area contributed by atoms with Crippen LogP contribution in [0.25, 0.3) is 10.9 Å². The first kappa shape index (κ1) is 11.1. The van der Waals surface area contributed by atoms with Gasteiger partial charge in [0.1, 0.15) is 0 Å². The van der Waals surface area contributed by atoms with E-state index in [1.165, 1.54) is 11.1 Å². The van der Waals surface area contributed by atoms with Gasteiger partial charge in [-0.3, -0.25) is 0 Å². The molecule has 0 aliphatic carbocycles. The van der Waals surface area contributed by atoms with E-state index in [1.807, 2.05) is 32.0 Å². The molecule has 0 amide bonds. The monoisotopic (exact) mass is 209 g/mol. The molecule has 0 saturated carbocycles. The Kier molecular flexibility index (Phi) is 4.02. The van der Waals surface area contributed by atoms with Gasteiger partial charge in [-0.2, -0.15) is 0 Å². The topological polar surface area (TPSA) is 15.8 Å². The fourth-order valence-electron chi connectivity index (χ4n) is 1.35. The van der Waals surface area contributed by atoms with E-state index in [0.29, 0.717) is 0 Å². The molecule has 0 fully saturated rings. The van der Waals surface area contributed by atoms with Gasteiger partial charge < -0.3 is 4.98 Å². The molecule has 1 nitrogen and oxygen atoms in total. The van der Waals surface area contributed by atoms with Crippen molar-refractivity contribution in [3.63, 3.8) is 0 Å². The maximum absolute atomic E-state index is 5.86. The van der Waals surface area contributed by atoms with Crippen LogP contribution in [0.3, 0.4) is 0 Å². The molecule has 2 aromatic rings. The third-order valence-corrected chi connectivity index (χ3v) is 2.25. The number of halogens is 1. The van der Waals surface area contributed by atoms with Crippen molar-refractivity contribution in [3.05, 3.63) is 35.0 Å². The largest absolute Gasteiger partial charge is 0.358 e. The lowest BCUT2D eigenvalue weighted by molar-refractivity contribution is 1.07. The molecule has 0 unspecified atom stereocenters. The zero-order chi connectivity index (χ0) is 10.6. The van der Waals surface area contributed by atoms with Crippen LogP contribution in [-0.4, -0.2) is 4.98 Å². The van der Waals surface area contributed by atoms with Gasteiger partial charge >= 0.3 is 0 Å². The zero-order valence-corrected chi connectivity index (χ0v) is 9.65. The molecule has 0 saturated heterocycles. The molecular weight excluding hydrogens is 194 g/mol. The summed E-state index contributed by atoms with van der Waals surface area (Å²) < 4.78 is 0. The molecule has 0 aliphatic heterocycles. The lowest BCUT2D eigenvalue weighted by Crippen LogP contribution is -1.74. The van der Waals surface area contributed by atoms with Crippen LogP contribution in [0.2, 0.25) is 5.02 Å². The van der Waals surface area contributed by atoms with Crippen molar-refractivity contribution in [1.82, 2.24) is 4.98 Å². The summed E-state index contributed by atoms with van der Waals surface area (Å²) in [7, 11) is 0. The molecule has 2 heteroatoms. The number of benzene rings is 1. The highest BCUT2D eigenvalue weighted by atomic mass is 35.5. The van der Waals surface area contributed by atoms with Crippen LogP contribution in [0.4, 0.5) is 0 Å². The molecule has 1 heterocycles. The van der Waals surface area contributed by atoms with Crippen molar-refractivity contribution in [1.29, 1.82) is 0 Å². The fraction of sp³-hybridized carbons (Fsp3) is 0.333. The van der Waals surface area contributed by atoms with E-state index < -0.39 is 0 Å². The molecule has 0 atom stereocenters. The number of fused-ring (bicyclic) bond motifs is 1. The summed E-state index contributed by atoms with van der Waals surface area (Å²) in [5, 5.41) is 1.99. The van der Waals surface area contributed by atoms with Crippen LogP contribution in [-0.2, 0) is 6.42 Å². The molecule has 0 radical (unpaired) electrons. The average Bonchev–Trinajstić information content (AvgIpc) is 2.62. The summed E-state index contributed by atoms with van der Waals surface area (Å²) >= 11 is 5.86. The molecule has 1 aromatic heterocycles. The van der Waals surface area contributed by atoms with Gasteiger partial charge in [0.15, 0.2) is 0 Å². The van der Waals surface area contributed by atoms with E-state index in [9.17, 15) is 0 Å². The quantitative estimate of drug-likeness (QED) is 0.716. The van der Waals surface area contributed by atoms with Gasteiger partial charge in [0.25, 0.3) is 0 Å². The molecule has 0 spiro atoms. The fourth-order valence-corrected chi connectivity index (χ4v) is 1.53. The van der Waals surface area contributed by atoms with Gasteiger partial charge in [-0.25, -0.2) is 0 Å². The van der Waals surface area contributed by atoms with E-state index in [4.69, 9.17) is 11.6 Å². The SMILES string of the molecule is CC.CCc1cc2cc(Cl)ccc2[nH]1. The Morgan fingerprint density at radius 2 is 1.93 bits per heavy atom. The summed E-state index contributed by atoms with van der Waals surface area (Å²) in [4.78, 5) is 3.31. The Labute approximate surface area is 90.1 Å². The Morgan fingerprint density at radius 1 is 1.21 bits per heavy atom. The van der Waals surface area contributed by atoms with Crippen molar-refractivity contribution in [2.24, 2.45) is 0 Å². The molecule has 2 rings (SSSR count). The number of aryl methyl sites for hydroxylation is 1. The lowest BCUT2D eigenvalue weighted by Gasteiger charge is -1.88. The zero-order valence-electron chi connectivity index (χ0n) is 8.89. The van der Waals surface area contributed by atoms with Crippen molar-refractivity contribution in [3.8, 4) is 0 Å². The minimum Gasteiger partial charge on any atom is -0.358 e. The number of nitrogens with one attached hydrogen (secondary N) is 1.